The van der Waals surface area contributed by atoms with Crippen LogP contribution in [-0.4, -0.2) is 10.9 Å². The molecule has 0 aliphatic rings. The summed E-state index contributed by atoms with van der Waals surface area (Å²) in [7, 11) is 0. The number of fused-ring (bicyclic) bond motifs is 1. The van der Waals surface area contributed by atoms with Crippen LogP contribution in [0.1, 0.15) is 37.5 Å². The molecular weight excluding hydrogens is 300 g/mol. The van der Waals surface area contributed by atoms with Crippen LogP contribution in [0.2, 0.25) is 0 Å². The standard InChI is InChI=1S/C20H22N2O2/c1-13-6-5-9-21-19(13)22-18(23)10-14-12-24-17-8-7-15(11-16(14)17)20(2,3)4/h5-9,11-12H,10H2,1-4H3,(H,21,22,23). The number of nitrogens with zero attached hydrogens (tertiary/aromatic N) is 1. The number of rotatable bonds is 3. The van der Waals surface area contributed by atoms with Crippen molar-refractivity contribution in [3.05, 3.63) is 59.5 Å². The third-order valence-corrected chi connectivity index (χ3v) is 4.14. The molecule has 2 heterocycles. The molecule has 3 rings (SSSR count). The summed E-state index contributed by atoms with van der Waals surface area (Å²) < 4.78 is 5.60. The van der Waals surface area contributed by atoms with Crippen molar-refractivity contribution >= 4 is 22.7 Å². The molecular formula is C20H22N2O2. The lowest BCUT2D eigenvalue weighted by Crippen LogP contribution is -2.16. The molecule has 0 spiro atoms. The zero-order valence-corrected chi connectivity index (χ0v) is 14.5. The molecule has 1 N–H and O–H groups in total. The van der Waals surface area contributed by atoms with Gasteiger partial charge >= 0.3 is 0 Å². The molecule has 0 saturated carbocycles. The fourth-order valence-electron chi connectivity index (χ4n) is 2.65. The predicted octanol–water partition coefficient (Wildman–Crippen LogP) is 4.61. The van der Waals surface area contributed by atoms with Crippen molar-refractivity contribution in [3.8, 4) is 0 Å². The number of carbonyl (C=O) groups excluding carboxylic acids is 1. The van der Waals surface area contributed by atoms with Gasteiger partial charge in [-0.3, -0.25) is 4.79 Å². The van der Waals surface area contributed by atoms with Crippen LogP contribution >= 0.6 is 0 Å². The van der Waals surface area contributed by atoms with Gasteiger partial charge in [0.1, 0.15) is 11.4 Å². The van der Waals surface area contributed by atoms with E-state index in [4.69, 9.17) is 4.42 Å². The lowest BCUT2D eigenvalue weighted by atomic mass is 9.86. The van der Waals surface area contributed by atoms with Gasteiger partial charge in [-0.15, -0.1) is 0 Å². The van der Waals surface area contributed by atoms with Crippen LogP contribution in [0.25, 0.3) is 11.0 Å². The lowest BCUT2D eigenvalue weighted by Gasteiger charge is -2.18. The monoisotopic (exact) mass is 322 g/mol. The quantitative estimate of drug-likeness (QED) is 0.766. The second-order valence-electron chi connectivity index (χ2n) is 7.12. The number of hydrogen-bond donors (Lipinski definition) is 1. The summed E-state index contributed by atoms with van der Waals surface area (Å²) in [6.45, 7) is 8.44. The molecule has 0 atom stereocenters. The van der Waals surface area contributed by atoms with E-state index < -0.39 is 0 Å². The summed E-state index contributed by atoms with van der Waals surface area (Å²) in [5.41, 5.74) is 3.91. The van der Waals surface area contributed by atoms with Crippen molar-refractivity contribution in [2.45, 2.75) is 39.5 Å². The second kappa shape index (κ2) is 6.11. The van der Waals surface area contributed by atoms with Crippen LogP contribution in [0, 0.1) is 6.92 Å². The summed E-state index contributed by atoms with van der Waals surface area (Å²) >= 11 is 0. The van der Waals surface area contributed by atoms with Crippen molar-refractivity contribution in [2.75, 3.05) is 5.32 Å². The summed E-state index contributed by atoms with van der Waals surface area (Å²) in [5, 5.41) is 3.86. The van der Waals surface area contributed by atoms with E-state index >= 15 is 0 Å². The smallest absolute Gasteiger partial charge is 0.230 e. The molecule has 0 saturated heterocycles. The minimum absolute atomic E-state index is 0.0516. The van der Waals surface area contributed by atoms with Crippen LogP contribution in [0.15, 0.2) is 47.2 Å². The van der Waals surface area contributed by atoms with Gasteiger partial charge in [-0.25, -0.2) is 4.98 Å². The summed E-state index contributed by atoms with van der Waals surface area (Å²) in [6, 6.07) is 9.94. The molecule has 2 aromatic heterocycles. The van der Waals surface area contributed by atoms with Gasteiger partial charge in [0.2, 0.25) is 5.91 Å². The number of hydrogen-bond acceptors (Lipinski definition) is 3. The molecule has 24 heavy (non-hydrogen) atoms. The zero-order valence-electron chi connectivity index (χ0n) is 14.5. The first-order valence-corrected chi connectivity index (χ1v) is 8.06. The number of amides is 1. The largest absolute Gasteiger partial charge is 0.464 e. The lowest BCUT2D eigenvalue weighted by molar-refractivity contribution is -0.115. The van der Waals surface area contributed by atoms with Crippen LogP contribution in [0.4, 0.5) is 5.82 Å². The van der Waals surface area contributed by atoms with E-state index in [9.17, 15) is 4.79 Å². The number of furan rings is 1. The molecule has 0 aliphatic carbocycles. The molecule has 1 aromatic carbocycles. The molecule has 4 heteroatoms. The first-order chi connectivity index (χ1) is 11.3. The highest BCUT2D eigenvalue weighted by atomic mass is 16.3. The third-order valence-electron chi connectivity index (χ3n) is 4.14. The van der Waals surface area contributed by atoms with Gasteiger partial charge in [-0.2, -0.15) is 0 Å². The summed E-state index contributed by atoms with van der Waals surface area (Å²) in [5.74, 6) is 0.506. The van der Waals surface area contributed by atoms with Crippen molar-refractivity contribution < 1.29 is 9.21 Å². The van der Waals surface area contributed by atoms with Crippen molar-refractivity contribution in [3.63, 3.8) is 0 Å². The van der Waals surface area contributed by atoms with E-state index in [1.807, 2.05) is 25.1 Å². The summed E-state index contributed by atoms with van der Waals surface area (Å²) in [6.07, 6.45) is 3.60. The number of carbonyl (C=O) groups is 1. The molecule has 0 aliphatic heterocycles. The Morgan fingerprint density at radius 3 is 2.75 bits per heavy atom. The number of aromatic nitrogens is 1. The van der Waals surface area contributed by atoms with Crippen molar-refractivity contribution in [2.24, 2.45) is 0 Å². The molecule has 4 nitrogen and oxygen atoms in total. The van der Waals surface area contributed by atoms with Gasteiger partial charge in [0.15, 0.2) is 0 Å². The highest BCUT2D eigenvalue weighted by molar-refractivity contribution is 5.95. The minimum Gasteiger partial charge on any atom is -0.464 e. The fourth-order valence-corrected chi connectivity index (χ4v) is 2.65. The van der Waals surface area contributed by atoms with E-state index in [1.54, 1.807) is 12.5 Å². The third kappa shape index (κ3) is 3.32. The average molecular weight is 322 g/mol. The predicted molar refractivity (Wildman–Crippen MR) is 96.2 cm³/mol. The number of anilines is 1. The first kappa shape index (κ1) is 16.2. The second-order valence-corrected chi connectivity index (χ2v) is 7.12. The number of aryl methyl sites for hydroxylation is 1. The first-order valence-electron chi connectivity index (χ1n) is 8.06. The number of pyridine rings is 1. The minimum atomic E-state index is -0.0966. The SMILES string of the molecule is Cc1cccnc1NC(=O)Cc1coc2ccc(C(C)(C)C)cc12. The summed E-state index contributed by atoms with van der Waals surface area (Å²) in [4.78, 5) is 16.6. The Balaban J connectivity index is 1.84. The van der Waals surface area contributed by atoms with Crippen LogP contribution in [-0.2, 0) is 16.6 Å². The van der Waals surface area contributed by atoms with Crippen molar-refractivity contribution in [1.82, 2.24) is 4.98 Å². The molecule has 0 radical (unpaired) electrons. The van der Waals surface area contributed by atoms with Crippen LogP contribution in [0.3, 0.4) is 0 Å². The fraction of sp³-hybridized carbons (Fsp3) is 0.300. The Bertz CT molecular complexity index is 888. The Kier molecular flexibility index (Phi) is 4.14. The molecule has 1 amide bonds. The molecule has 3 aromatic rings. The average Bonchev–Trinajstić information content (AvgIpc) is 2.91. The highest BCUT2D eigenvalue weighted by Gasteiger charge is 2.17. The topological polar surface area (TPSA) is 55.1 Å². The molecule has 0 unspecified atom stereocenters. The maximum Gasteiger partial charge on any atom is 0.230 e. The maximum absolute atomic E-state index is 12.4. The van der Waals surface area contributed by atoms with Gasteiger partial charge in [0.05, 0.1) is 12.7 Å². The van der Waals surface area contributed by atoms with Crippen LogP contribution < -0.4 is 5.32 Å². The zero-order chi connectivity index (χ0) is 17.3. The van der Waals surface area contributed by atoms with E-state index in [1.165, 1.54) is 5.56 Å². The molecule has 124 valence electrons. The Hall–Kier alpha value is -2.62. The molecule has 0 fully saturated rings. The van der Waals surface area contributed by atoms with E-state index in [0.717, 1.165) is 22.1 Å². The van der Waals surface area contributed by atoms with Gasteiger partial charge in [-0.1, -0.05) is 32.9 Å². The van der Waals surface area contributed by atoms with Gasteiger partial charge in [-0.05, 0) is 41.7 Å². The number of nitrogens with one attached hydrogen (secondary N) is 1. The van der Waals surface area contributed by atoms with Crippen LogP contribution in [0.5, 0.6) is 0 Å². The maximum atomic E-state index is 12.4. The normalized spacial score (nSPS) is 11.7. The van der Waals surface area contributed by atoms with Gasteiger partial charge < -0.3 is 9.73 Å². The van der Waals surface area contributed by atoms with Gasteiger partial charge in [0, 0.05) is 17.1 Å². The molecule has 0 bridgehead atoms. The highest BCUT2D eigenvalue weighted by Crippen LogP contribution is 2.29. The van der Waals surface area contributed by atoms with Crippen molar-refractivity contribution in [1.29, 1.82) is 0 Å². The Morgan fingerprint density at radius 1 is 1.25 bits per heavy atom. The van der Waals surface area contributed by atoms with E-state index in [0.29, 0.717) is 5.82 Å². The van der Waals surface area contributed by atoms with E-state index in [2.05, 4.69) is 43.2 Å². The Labute approximate surface area is 141 Å². The number of benzene rings is 1. The van der Waals surface area contributed by atoms with Gasteiger partial charge in [0.25, 0.3) is 0 Å². The Morgan fingerprint density at radius 2 is 2.04 bits per heavy atom. The van der Waals surface area contributed by atoms with E-state index in [-0.39, 0.29) is 17.7 Å².